The monoisotopic (exact) mass is 369 g/mol. The van der Waals surface area contributed by atoms with Gasteiger partial charge in [-0.25, -0.2) is 9.18 Å². The van der Waals surface area contributed by atoms with Gasteiger partial charge < -0.3 is 10.6 Å². The Labute approximate surface area is 150 Å². The highest BCUT2D eigenvalue weighted by Gasteiger charge is 2.47. The molecule has 1 heterocycles. The molecular weight excluding hydrogens is 349 g/mol. The average Bonchev–Trinajstić information content (AvgIpc) is 2.73. The van der Waals surface area contributed by atoms with Gasteiger partial charge in [0.25, 0.3) is 5.91 Å². The molecule has 1 saturated heterocycles. The predicted octanol–water partition coefficient (Wildman–Crippen LogP) is 3.16. The van der Waals surface area contributed by atoms with Gasteiger partial charge in [0.2, 0.25) is 5.91 Å². The molecule has 1 atom stereocenters. The Balaban J connectivity index is 2.04. The highest BCUT2D eigenvalue weighted by Crippen LogP contribution is 2.25. The molecule has 1 aromatic carbocycles. The first-order valence-electron chi connectivity index (χ1n) is 8.01. The highest BCUT2D eigenvalue weighted by atomic mass is 35.5. The maximum Gasteiger partial charge on any atom is 0.325 e. The first-order chi connectivity index (χ1) is 11.6. The Morgan fingerprint density at radius 1 is 1.40 bits per heavy atom. The zero-order valence-corrected chi connectivity index (χ0v) is 15.1. The summed E-state index contributed by atoms with van der Waals surface area (Å²) in [6.07, 6.45) is 1.24. The maximum absolute atomic E-state index is 13.7. The average molecular weight is 370 g/mol. The van der Waals surface area contributed by atoms with Crippen LogP contribution in [0, 0.1) is 11.7 Å². The Morgan fingerprint density at radius 2 is 2.08 bits per heavy atom. The number of nitrogens with zero attached hydrogens (tertiary/aromatic N) is 1. The molecule has 8 heteroatoms. The summed E-state index contributed by atoms with van der Waals surface area (Å²) in [5.41, 5.74) is -1.13. The number of urea groups is 1. The van der Waals surface area contributed by atoms with Crippen LogP contribution in [0.3, 0.4) is 0 Å². The van der Waals surface area contributed by atoms with E-state index in [1.807, 2.05) is 13.8 Å². The molecule has 0 spiro atoms. The van der Waals surface area contributed by atoms with Crippen LogP contribution < -0.4 is 10.6 Å². The van der Waals surface area contributed by atoms with Crippen molar-refractivity contribution in [3.8, 4) is 0 Å². The normalized spacial score (nSPS) is 20.2. The Bertz CT molecular complexity index is 710. The Hall–Kier alpha value is -2.15. The van der Waals surface area contributed by atoms with E-state index >= 15 is 0 Å². The number of rotatable bonds is 6. The van der Waals surface area contributed by atoms with E-state index in [-0.39, 0.29) is 10.7 Å². The van der Waals surface area contributed by atoms with Gasteiger partial charge in [-0.15, -0.1) is 0 Å². The predicted molar refractivity (Wildman–Crippen MR) is 92.8 cm³/mol. The zero-order valence-electron chi connectivity index (χ0n) is 14.4. The smallest absolute Gasteiger partial charge is 0.323 e. The van der Waals surface area contributed by atoms with Crippen LogP contribution in [0.4, 0.5) is 14.9 Å². The van der Waals surface area contributed by atoms with Gasteiger partial charge in [-0.3, -0.25) is 14.5 Å². The van der Waals surface area contributed by atoms with Crippen LogP contribution in [0.2, 0.25) is 5.02 Å². The minimum absolute atomic E-state index is 0.105. The molecule has 25 heavy (non-hydrogen) atoms. The van der Waals surface area contributed by atoms with Crippen molar-refractivity contribution >= 4 is 35.1 Å². The summed E-state index contributed by atoms with van der Waals surface area (Å²) in [4.78, 5) is 37.6. The van der Waals surface area contributed by atoms with Crippen LogP contribution >= 0.6 is 11.6 Å². The van der Waals surface area contributed by atoms with Crippen LogP contribution in [0.15, 0.2) is 18.2 Å². The molecule has 0 radical (unpaired) electrons. The summed E-state index contributed by atoms with van der Waals surface area (Å²) in [5.74, 6) is -1.42. The quantitative estimate of drug-likeness (QED) is 0.756. The standard InChI is InChI=1S/C17H21ClFN3O3/c1-10(2)6-7-17(3)15(24)22(16(25)21-17)9-14(23)20-13-8-11(18)4-5-12(13)19/h4-5,8,10H,6-7,9H2,1-3H3,(H,20,23)(H,21,25)/t17-/m1/s1. The second-order valence-electron chi connectivity index (χ2n) is 6.76. The van der Waals surface area contributed by atoms with E-state index in [1.54, 1.807) is 6.92 Å². The molecule has 4 amide bonds. The van der Waals surface area contributed by atoms with Crippen molar-refractivity contribution in [2.45, 2.75) is 39.2 Å². The minimum atomic E-state index is -1.02. The number of benzene rings is 1. The molecule has 1 aliphatic heterocycles. The van der Waals surface area contributed by atoms with Crippen molar-refractivity contribution in [3.05, 3.63) is 29.0 Å². The lowest BCUT2D eigenvalue weighted by Gasteiger charge is -2.22. The number of carbonyl (C=O) groups excluding carboxylic acids is 3. The number of nitrogens with one attached hydrogen (secondary N) is 2. The van der Waals surface area contributed by atoms with E-state index in [1.165, 1.54) is 12.1 Å². The molecule has 2 N–H and O–H groups in total. The maximum atomic E-state index is 13.7. The van der Waals surface area contributed by atoms with Gasteiger partial charge >= 0.3 is 6.03 Å². The third kappa shape index (κ3) is 4.48. The summed E-state index contributed by atoms with van der Waals surface area (Å²) < 4.78 is 13.7. The molecule has 1 fully saturated rings. The number of imide groups is 1. The first kappa shape index (κ1) is 19.2. The summed E-state index contributed by atoms with van der Waals surface area (Å²) in [6, 6.07) is 3.10. The molecular formula is C17H21ClFN3O3. The summed E-state index contributed by atoms with van der Waals surface area (Å²) in [5, 5.41) is 5.22. The number of anilines is 1. The number of amides is 4. The van der Waals surface area contributed by atoms with E-state index in [2.05, 4.69) is 10.6 Å². The number of hydrogen-bond acceptors (Lipinski definition) is 3. The summed E-state index contributed by atoms with van der Waals surface area (Å²) in [6.45, 7) is 5.20. The fourth-order valence-corrected chi connectivity index (χ4v) is 2.74. The van der Waals surface area contributed by atoms with Crippen LogP contribution in [-0.2, 0) is 9.59 Å². The number of carbonyl (C=O) groups is 3. The second-order valence-corrected chi connectivity index (χ2v) is 7.19. The number of hydrogen-bond donors (Lipinski definition) is 2. The van der Waals surface area contributed by atoms with Gasteiger partial charge in [-0.2, -0.15) is 0 Å². The lowest BCUT2D eigenvalue weighted by Crippen LogP contribution is -2.44. The van der Waals surface area contributed by atoms with E-state index in [9.17, 15) is 18.8 Å². The molecule has 136 valence electrons. The fraction of sp³-hybridized carbons (Fsp3) is 0.471. The lowest BCUT2D eigenvalue weighted by atomic mass is 9.92. The molecule has 1 aliphatic rings. The topological polar surface area (TPSA) is 78.5 Å². The number of halogens is 2. The molecule has 0 aromatic heterocycles. The van der Waals surface area contributed by atoms with Crippen molar-refractivity contribution in [1.29, 1.82) is 0 Å². The van der Waals surface area contributed by atoms with Crippen molar-refractivity contribution in [1.82, 2.24) is 10.2 Å². The van der Waals surface area contributed by atoms with Crippen molar-refractivity contribution < 1.29 is 18.8 Å². The second kappa shape index (κ2) is 7.39. The van der Waals surface area contributed by atoms with Crippen LogP contribution in [0.1, 0.15) is 33.6 Å². The third-order valence-electron chi connectivity index (χ3n) is 4.07. The lowest BCUT2D eigenvalue weighted by molar-refractivity contribution is -0.133. The molecule has 0 aliphatic carbocycles. The third-order valence-corrected chi connectivity index (χ3v) is 4.31. The summed E-state index contributed by atoms with van der Waals surface area (Å²) in [7, 11) is 0. The Kier molecular flexibility index (Phi) is 5.67. The zero-order chi connectivity index (χ0) is 18.8. The van der Waals surface area contributed by atoms with E-state index in [0.29, 0.717) is 12.3 Å². The van der Waals surface area contributed by atoms with E-state index in [0.717, 1.165) is 17.4 Å². The molecule has 0 saturated carbocycles. The van der Waals surface area contributed by atoms with Crippen molar-refractivity contribution in [2.24, 2.45) is 5.92 Å². The van der Waals surface area contributed by atoms with Gasteiger partial charge in [-0.05, 0) is 43.9 Å². The molecule has 1 aromatic rings. The fourth-order valence-electron chi connectivity index (χ4n) is 2.56. The summed E-state index contributed by atoms with van der Waals surface area (Å²) >= 11 is 5.77. The van der Waals surface area contributed by atoms with Crippen LogP contribution in [0.5, 0.6) is 0 Å². The molecule has 6 nitrogen and oxygen atoms in total. The molecule has 2 rings (SSSR count). The Morgan fingerprint density at radius 3 is 2.72 bits per heavy atom. The van der Waals surface area contributed by atoms with Crippen molar-refractivity contribution in [3.63, 3.8) is 0 Å². The van der Waals surface area contributed by atoms with Gasteiger partial charge in [0.05, 0.1) is 5.69 Å². The first-order valence-corrected chi connectivity index (χ1v) is 8.39. The SMILES string of the molecule is CC(C)CC[C@@]1(C)NC(=O)N(CC(=O)Nc2cc(Cl)ccc2F)C1=O. The van der Waals surface area contributed by atoms with E-state index in [4.69, 9.17) is 11.6 Å². The largest absolute Gasteiger partial charge is 0.325 e. The van der Waals surface area contributed by atoms with Crippen LogP contribution in [-0.4, -0.2) is 34.8 Å². The van der Waals surface area contributed by atoms with Gasteiger partial charge in [0.15, 0.2) is 0 Å². The van der Waals surface area contributed by atoms with Gasteiger partial charge in [0.1, 0.15) is 17.9 Å². The minimum Gasteiger partial charge on any atom is -0.323 e. The van der Waals surface area contributed by atoms with Crippen molar-refractivity contribution in [2.75, 3.05) is 11.9 Å². The van der Waals surface area contributed by atoms with Crippen LogP contribution in [0.25, 0.3) is 0 Å². The molecule has 0 bridgehead atoms. The van der Waals surface area contributed by atoms with E-state index < -0.39 is 35.7 Å². The van der Waals surface area contributed by atoms with Gasteiger partial charge in [0, 0.05) is 5.02 Å². The van der Waals surface area contributed by atoms with Gasteiger partial charge in [-0.1, -0.05) is 25.4 Å². The molecule has 0 unspecified atom stereocenters. The highest BCUT2D eigenvalue weighted by molar-refractivity contribution is 6.30.